The van der Waals surface area contributed by atoms with Gasteiger partial charge in [-0.05, 0) is 70.3 Å². The average Bonchev–Trinajstić information content (AvgIpc) is 2.50. The molecular weight excluding hydrogens is 331 g/mol. The summed E-state index contributed by atoms with van der Waals surface area (Å²) < 4.78 is 14.0. The smallest absolute Gasteiger partial charge is 0.137 e. The van der Waals surface area contributed by atoms with Crippen LogP contribution in [0.4, 0.5) is 4.39 Å². The van der Waals surface area contributed by atoms with Gasteiger partial charge in [0.05, 0.1) is 10.6 Å². The second kappa shape index (κ2) is 6.29. The third kappa shape index (κ3) is 3.04. The molecule has 21 heavy (non-hydrogen) atoms. The van der Waals surface area contributed by atoms with Crippen LogP contribution >= 0.6 is 15.9 Å². The van der Waals surface area contributed by atoms with Crippen LogP contribution in [0.5, 0.6) is 0 Å². The maximum absolute atomic E-state index is 13.6. The van der Waals surface area contributed by atoms with E-state index in [4.69, 9.17) is 0 Å². The molecule has 1 aliphatic rings. The Morgan fingerprint density at radius 1 is 1.19 bits per heavy atom. The van der Waals surface area contributed by atoms with E-state index in [1.807, 2.05) is 0 Å². The van der Waals surface area contributed by atoms with Crippen LogP contribution in [0.1, 0.15) is 48.0 Å². The predicted molar refractivity (Wildman–Crippen MR) is 85.8 cm³/mol. The van der Waals surface area contributed by atoms with Gasteiger partial charge < -0.3 is 5.11 Å². The molecule has 0 saturated heterocycles. The van der Waals surface area contributed by atoms with Crippen molar-refractivity contribution in [2.45, 2.75) is 37.7 Å². The fourth-order valence-electron chi connectivity index (χ4n) is 3.27. The molecule has 2 atom stereocenters. The number of aryl methyl sites for hydroxylation is 1. The van der Waals surface area contributed by atoms with E-state index >= 15 is 0 Å². The second-order valence-electron chi connectivity index (χ2n) is 5.68. The highest BCUT2D eigenvalue weighted by molar-refractivity contribution is 9.10. The van der Waals surface area contributed by atoms with Gasteiger partial charge in [-0.15, -0.1) is 0 Å². The largest absolute Gasteiger partial charge is 0.388 e. The molecule has 0 radical (unpaired) electrons. The summed E-state index contributed by atoms with van der Waals surface area (Å²) in [6.07, 6.45) is 3.34. The third-order valence-electron chi connectivity index (χ3n) is 4.34. The summed E-state index contributed by atoms with van der Waals surface area (Å²) in [4.78, 5) is 0. The topological polar surface area (TPSA) is 20.2 Å². The number of benzene rings is 2. The molecule has 0 aliphatic heterocycles. The fraction of sp³-hybridized carbons (Fsp3) is 0.333. The highest BCUT2D eigenvalue weighted by Gasteiger charge is 2.24. The van der Waals surface area contributed by atoms with Crippen LogP contribution in [-0.4, -0.2) is 5.11 Å². The molecule has 1 nitrogen and oxygen atoms in total. The lowest BCUT2D eigenvalue weighted by molar-refractivity contribution is 0.153. The zero-order valence-electron chi connectivity index (χ0n) is 11.7. The minimum absolute atomic E-state index is 0.324. The van der Waals surface area contributed by atoms with E-state index in [0.29, 0.717) is 22.4 Å². The number of hydrogen-bond donors (Lipinski definition) is 1. The van der Waals surface area contributed by atoms with Crippen LogP contribution in [0.2, 0.25) is 0 Å². The molecule has 2 aromatic rings. The maximum Gasteiger partial charge on any atom is 0.137 e. The number of halogens is 2. The third-order valence-corrected chi connectivity index (χ3v) is 5.18. The monoisotopic (exact) mass is 348 g/mol. The summed E-state index contributed by atoms with van der Waals surface area (Å²) in [5.74, 6) is 0.0238. The van der Waals surface area contributed by atoms with Gasteiger partial charge in [0, 0.05) is 0 Å². The first-order chi connectivity index (χ1) is 10.2. The van der Waals surface area contributed by atoms with Crippen LogP contribution in [-0.2, 0) is 6.42 Å². The lowest BCUT2D eigenvalue weighted by Crippen LogP contribution is -2.13. The van der Waals surface area contributed by atoms with Crippen molar-refractivity contribution in [3.05, 3.63) is 69.4 Å². The van der Waals surface area contributed by atoms with Crippen molar-refractivity contribution in [2.75, 3.05) is 0 Å². The highest BCUT2D eigenvalue weighted by atomic mass is 79.9. The van der Waals surface area contributed by atoms with Crippen LogP contribution in [0.25, 0.3) is 0 Å². The minimum Gasteiger partial charge on any atom is -0.388 e. The first-order valence-electron chi connectivity index (χ1n) is 7.36. The van der Waals surface area contributed by atoms with Gasteiger partial charge in [0.25, 0.3) is 0 Å². The molecule has 3 heteroatoms. The SMILES string of the molecule is OC(CC1CCCc2ccccc21)c1cccc(F)c1Br. The first kappa shape index (κ1) is 14.7. The summed E-state index contributed by atoms with van der Waals surface area (Å²) in [7, 11) is 0. The molecule has 1 aliphatic carbocycles. The van der Waals surface area contributed by atoms with Gasteiger partial charge in [-0.25, -0.2) is 4.39 Å². The summed E-state index contributed by atoms with van der Waals surface area (Å²) in [5.41, 5.74) is 3.37. The average molecular weight is 349 g/mol. The molecule has 1 N–H and O–H groups in total. The first-order valence-corrected chi connectivity index (χ1v) is 8.16. The highest BCUT2D eigenvalue weighted by Crippen LogP contribution is 2.39. The van der Waals surface area contributed by atoms with Crippen molar-refractivity contribution in [1.29, 1.82) is 0 Å². The molecule has 0 aromatic heterocycles. The van der Waals surface area contributed by atoms with E-state index in [0.717, 1.165) is 19.3 Å². The van der Waals surface area contributed by atoms with Crippen molar-refractivity contribution >= 4 is 15.9 Å². The number of hydrogen-bond acceptors (Lipinski definition) is 1. The zero-order chi connectivity index (χ0) is 14.8. The van der Waals surface area contributed by atoms with E-state index in [-0.39, 0.29) is 5.82 Å². The Morgan fingerprint density at radius 2 is 2.00 bits per heavy atom. The van der Waals surface area contributed by atoms with E-state index in [1.165, 1.54) is 17.2 Å². The molecule has 110 valence electrons. The Hall–Kier alpha value is -1.19. The van der Waals surface area contributed by atoms with Crippen molar-refractivity contribution in [3.63, 3.8) is 0 Å². The minimum atomic E-state index is -0.647. The van der Waals surface area contributed by atoms with Gasteiger partial charge in [0.15, 0.2) is 0 Å². The Labute approximate surface area is 132 Å². The molecule has 2 unspecified atom stereocenters. The van der Waals surface area contributed by atoms with Gasteiger partial charge in [0.1, 0.15) is 5.82 Å². The molecule has 0 spiro atoms. The van der Waals surface area contributed by atoms with Crippen LogP contribution < -0.4 is 0 Å². The molecule has 0 fully saturated rings. The second-order valence-corrected chi connectivity index (χ2v) is 6.48. The number of rotatable bonds is 3. The normalized spacial score (nSPS) is 19.1. The molecule has 0 heterocycles. The Morgan fingerprint density at radius 3 is 2.86 bits per heavy atom. The number of fused-ring (bicyclic) bond motifs is 1. The van der Waals surface area contributed by atoms with Crippen LogP contribution in [0, 0.1) is 5.82 Å². The molecule has 0 saturated carbocycles. The summed E-state index contributed by atoms with van der Waals surface area (Å²) in [6, 6.07) is 13.3. The summed E-state index contributed by atoms with van der Waals surface area (Å²) in [6.45, 7) is 0. The lowest BCUT2D eigenvalue weighted by atomic mass is 9.79. The predicted octanol–water partition coefficient (Wildman–Crippen LogP) is 5.13. The van der Waals surface area contributed by atoms with Gasteiger partial charge in [-0.2, -0.15) is 0 Å². The quantitative estimate of drug-likeness (QED) is 0.814. The Kier molecular flexibility index (Phi) is 4.41. The Balaban J connectivity index is 1.83. The molecule has 0 bridgehead atoms. The standard InChI is InChI=1S/C18H18BrFO/c19-18-15(9-4-10-16(18)20)17(21)11-13-7-3-6-12-5-1-2-8-14(12)13/h1-2,4-5,8-10,13,17,21H,3,6-7,11H2. The van der Waals surface area contributed by atoms with E-state index < -0.39 is 6.10 Å². The molecular formula is C18H18BrFO. The van der Waals surface area contributed by atoms with Crippen molar-refractivity contribution in [3.8, 4) is 0 Å². The van der Waals surface area contributed by atoms with Crippen molar-refractivity contribution in [1.82, 2.24) is 0 Å². The van der Waals surface area contributed by atoms with Crippen LogP contribution in [0.3, 0.4) is 0 Å². The Bertz CT molecular complexity index is 641. The summed E-state index contributed by atoms with van der Waals surface area (Å²) >= 11 is 3.24. The van der Waals surface area contributed by atoms with Gasteiger partial charge >= 0.3 is 0 Å². The van der Waals surface area contributed by atoms with Gasteiger partial charge in [-0.1, -0.05) is 36.4 Å². The van der Waals surface area contributed by atoms with E-state index in [1.54, 1.807) is 12.1 Å². The lowest BCUT2D eigenvalue weighted by Gasteiger charge is -2.27. The van der Waals surface area contributed by atoms with Crippen molar-refractivity contribution in [2.24, 2.45) is 0 Å². The van der Waals surface area contributed by atoms with Crippen LogP contribution in [0.15, 0.2) is 46.9 Å². The van der Waals surface area contributed by atoms with Crippen molar-refractivity contribution < 1.29 is 9.50 Å². The zero-order valence-corrected chi connectivity index (χ0v) is 13.3. The fourth-order valence-corrected chi connectivity index (χ4v) is 3.80. The van der Waals surface area contributed by atoms with E-state index in [9.17, 15) is 9.50 Å². The number of aliphatic hydroxyl groups excluding tert-OH is 1. The van der Waals surface area contributed by atoms with E-state index in [2.05, 4.69) is 40.2 Å². The summed E-state index contributed by atoms with van der Waals surface area (Å²) in [5, 5.41) is 10.5. The molecule has 3 rings (SSSR count). The maximum atomic E-state index is 13.6. The van der Waals surface area contributed by atoms with Gasteiger partial charge in [0.2, 0.25) is 0 Å². The molecule has 2 aromatic carbocycles. The number of aliphatic hydroxyl groups is 1. The molecule has 0 amide bonds. The van der Waals surface area contributed by atoms with Gasteiger partial charge in [-0.3, -0.25) is 0 Å².